The molecular formula is C14H24N2O2. The van der Waals surface area contributed by atoms with E-state index in [0.717, 1.165) is 13.0 Å². The summed E-state index contributed by atoms with van der Waals surface area (Å²) in [4.78, 5) is 4.14. The van der Waals surface area contributed by atoms with Crippen molar-refractivity contribution in [2.45, 2.75) is 39.5 Å². The van der Waals surface area contributed by atoms with Gasteiger partial charge in [-0.3, -0.25) is 4.98 Å². The van der Waals surface area contributed by atoms with Crippen LogP contribution in [0.4, 0.5) is 0 Å². The molecule has 4 nitrogen and oxygen atoms in total. The van der Waals surface area contributed by atoms with Crippen molar-refractivity contribution in [3.05, 3.63) is 30.1 Å². The van der Waals surface area contributed by atoms with Gasteiger partial charge in [0.15, 0.2) is 6.29 Å². The Morgan fingerprint density at radius 2 is 1.94 bits per heavy atom. The zero-order valence-corrected chi connectivity index (χ0v) is 11.6. The molecule has 1 atom stereocenters. The normalized spacial score (nSPS) is 12.9. The summed E-state index contributed by atoms with van der Waals surface area (Å²) in [5.41, 5.74) is 1.19. The fraction of sp³-hybridized carbons (Fsp3) is 0.643. The van der Waals surface area contributed by atoms with Crippen molar-refractivity contribution in [3.8, 4) is 0 Å². The molecule has 1 N–H and O–H groups in total. The minimum Gasteiger partial charge on any atom is -0.351 e. The molecule has 0 saturated carbocycles. The van der Waals surface area contributed by atoms with Crippen LogP contribution >= 0.6 is 0 Å². The Labute approximate surface area is 110 Å². The van der Waals surface area contributed by atoms with Crippen molar-refractivity contribution >= 4 is 0 Å². The molecule has 0 saturated heterocycles. The van der Waals surface area contributed by atoms with Crippen LogP contribution in [0, 0.1) is 0 Å². The monoisotopic (exact) mass is 252 g/mol. The number of hydrogen-bond donors (Lipinski definition) is 1. The van der Waals surface area contributed by atoms with Gasteiger partial charge in [-0.25, -0.2) is 0 Å². The Morgan fingerprint density at radius 1 is 1.22 bits per heavy atom. The highest BCUT2D eigenvalue weighted by Crippen LogP contribution is 2.09. The zero-order valence-electron chi connectivity index (χ0n) is 11.6. The molecule has 1 heterocycles. The average molecular weight is 252 g/mol. The summed E-state index contributed by atoms with van der Waals surface area (Å²) in [7, 11) is 0. The summed E-state index contributed by atoms with van der Waals surface area (Å²) in [6.45, 7) is 8.25. The molecule has 0 radical (unpaired) electrons. The van der Waals surface area contributed by atoms with E-state index >= 15 is 0 Å². The van der Waals surface area contributed by atoms with Crippen LogP contribution in [0.25, 0.3) is 0 Å². The first-order chi connectivity index (χ1) is 8.81. The quantitative estimate of drug-likeness (QED) is 0.683. The SMILES string of the molecule is CCNC(Cc1cccnc1)C(OCC)OCC. The Bertz CT molecular complexity index is 300. The second kappa shape index (κ2) is 9.03. The Balaban J connectivity index is 2.66. The topological polar surface area (TPSA) is 43.4 Å². The van der Waals surface area contributed by atoms with E-state index in [-0.39, 0.29) is 12.3 Å². The fourth-order valence-electron chi connectivity index (χ4n) is 1.91. The zero-order chi connectivity index (χ0) is 13.2. The Kier molecular flexibility index (Phi) is 7.57. The number of nitrogens with one attached hydrogen (secondary N) is 1. The molecule has 0 aliphatic rings. The van der Waals surface area contributed by atoms with Gasteiger partial charge < -0.3 is 14.8 Å². The van der Waals surface area contributed by atoms with Gasteiger partial charge in [-0.15, -0.1) is 0 Å². The molecule has 0 aliphatic carbocycles. The predicted molar refractivity (Wildman–Crippen MR) is 72.4 cm³/mol. The van der Waals surface area contributed by atoms with Gasteiger partial charge in [-0.05, 0) is 38.4 Å². The average Bonchev–Trinajstić information content (AvgIpc) is 2.39. The summed E-state index contributed by atoms with van der Waals surface area (Å²) in [5.74, 6) is 0. The van der Waals surface area contributed by atoms with Crippen molar-refractivity contribution < 1.29 is 9.47 Å². The van der Waals surface area contributed by atoms with Gasteiger partial charge in [0.2, 0.25) is 0 Å². The van der Waals surface area contributed by atoms with Gasteiger partial charge in [0.1, 0.15) is 0 Å². The van der Waals surface area contributed by atoms with Crippen LogP contribution in [0.3, 0.4) is 0 Å². The highest BCUT2D eigenvalue weighted by atomic mass is 16.7. The van der Waals surface area contributed by atoms with Crippen LogP contribution in [0.5, 0.6) is 0 Å². The number of nitrogens with zero attached hydrogens (tertiary/aromatic N) is 1. The minimum absolute atomic E-state index is 0.152. The lowest BCUT2D eigenvalue weighted by Gasteiger charge is -2.27. The number of hydrogen-bond acceptors (Lipinski definition) is 4. The summed E-state index contributed by atoms with van der Waals surface area (Å²) in [6, 6.07) is 4.18. The number of aromatic nitrogens is 1. The molecule has 0 bridgehead atoms. The summed E-state index contributed by atoms with van der Waals surface area (Å²) >= 11 is 0. The molecule has 1 aromatic rings. The highest BCUT2D eigenvalue weighted by molar-refractivity contribution is 5.10. The van der Waals surface area contributed by atoms with Gasteiger partial charge in [0.25, 0.3) is 0 Å². The molecule has 18 heavy (non-hydrogen) atoms. The predicted octanol–water partition coefficient (Wildman–Crippen LogP) is 2.00. The third-order valence-corrected chi connectivity index (χ3v) is 2.64. The molecule has 0 fully saturated rings. The third-order valence-electron chi connectivity index (χ3n) is 2.64. The smallest absolute Gasteiger partial charge is 0.172 e. The molecule has 102 valence electrons. The lowest BCUT2D eigenvalue weighted by atomic mass is 10.1. The largest absolute Gasteiger partial charge is 0.351 e. The number of ether oxygens (including phenoxy) is 2. The third kappa shape index (κ3) is 5.12. The second-order valence-electron chi connectivity index (χ2n) is 4.01. The minimum atomic E-state index is -0.208. The van der Waals surface area contributed by atoms with Crippen LogP contribution in [0.2, 0.25) is 0 Å². The van der Waals surface area contributed by atoms with Crippen LogP contribution in [-0.2, 0) is 15.9 Å². The second-order valence-corrected chi connectivity index (χ2v) is 4.01. The van der Waals surface area contributed by atoms with E-state index in [4.69, 9.17) is 9.47 Å². The Hall–Kier alpha value is -0.970. The van der Waals surface area contributed by atoms with Crippen LogP contribution < -0.4 is 5.32 Å². The standard InChI is InChI=1S/C14H24N2O2/c1-4-16-13(14(17-5-2)18-6-3)10-12-8-7-9-15-11-12/h7-9,11,13-14,16H,4-6,10H2,1-3H3. The van der Waals surface area contributed by atoms with Crippen molar-refractivity contribution in [2.24, 2.45) is 0 Å². The fourth-order valence-corrected chi connectivity index (χ4v) is 1.91. The Morgan fingerprint density at radius 3 is 2.44 bits per heavy atom. The number of rotatable bonds is 9. The highest BCUT2D eigenvalue weighted by Gasteiger charge is 2.21. The van der Waals surface area contributed by atoms with Crippen molar-refractivity contribution in [1.82, 2.24) is 10.3 Å². The molecule has 0 amide bonds. The van der Waals surface area contributed by atoms with Crippen molar-refractivity contribution in [3.63, 3.8) is 0 Å². The number of pyridine rings is 1. The van der Waals surface area contributed by atoms with E-state index in [1.807, 2.05) is 26.1 Å². The van der Waals surface area contributed by atoms with Gasteiger partial charge in [-0.2, -0.15) is 0 Å². The van der Waals surface area contributed by atoms with Crippen LogP contribution in [-0.4, -0.2) is 37.1 Å². The van der Waals surface area contributed by atoms with Gasteiger partial charge in [-0.1, -0.05) is 13.0 Å². The first kappa shape index (κ1) is 15.1. The van der Waals surface area contributed by atoms with Crippen molar-refractivity contribution in [2.75, 3.05) is 19.8 Å². The lowest BCUT2D eigenvalue weighted by molar-refractivity contribution is -0.153. The van der Waals surface area contributed by atoms with E-state index in [0.29, 0.717) is 13.2 Å². The van der Waals surface area contributed by atoms with Crippen LogP contribution in [0.15, 0.2) is 24.5 Å². The molecule has 1 unspecified atom stereocenters. The van der Waals surface area contributed by atoms with E-state index in [1.165, 1.54) is 5.56 Å². The summed E-state index contributed by atoms with van der Waals surface area (Å²) < 4.78 is 11.3. The molecular weight excluding hydrogens is 228 g/mol. The van der Waals surface area contributed by atoms with E-state index in [2.05, 4.69) is 23.3 Å². The lowest BCUT2D eigenvalue weighted by Crippen LogP contribution is -2.44. The molecule has 0 spiro atoms. The van der Waals surface area contributed by atoms with E-state index in [9.17, 15) is 0 Å². The van der Waals surface area contributed by atoms with Gasteiger partial charge in [0, 0.05) is 25.6 Å². The van der Waals surface area contributed by atoms with Crippen LogP contribution in [0.1, 0.15) is 26.3 Å². The maximum absolute atomic E-state index is 5.66. The van der Waals surface area contributed by atoms with E-state index in [1.54, 1.807) is 6.20 Å². The summed E-state index contributed by atoms with van der Waals surface area (Å²) in [5, 5.41) is 3.42. The van der Waals surface area contributed by atoms with Crippen molar-refractivity contribution in [1.29, 1.82) is 0 Å². The summed E-state index contributed by atoms with van der Waals surface area (Å²) in [6.07, 6.45) is 4.32. The molecule has 0 aliphatic heterocycles. The van der Waals surface area contributed by atoms with E-state index < -0.39 is 0 Å². The molecule has 4 heteroatoms. The maximum Gasteiger partial charge on any atom is 0.172 e. The van der Waals surface area contributed by atoms with Gasteiger partial charge >= 0.3 is 0 Å². The molecule has 1 rings (SSSR count). The first-order valence-electron chi connectivity index (χ1n) is 6.67. The molecule has 1 aromatic heterocycles. The maximum atomic E-state index is 5.66. The molecule has 0 aromatic carbocycles. The first-order valence-corrected chi connectivity index (χ1v) is 6.67. The number of likely N-dealkylation sites (N-methyl/N-ethyl adjacent to an activating group) is 1. The van der Waals surface area contributed by atoms with Gasteiger partial charge in [0.05, 0.1) is 6.04 Å².